The molecule has 0 spiro atoms. The SMILES string of the molecule is CNC(N=C(N=Cc1ccccc1)c1ccccc1)c1cccc(-n2c3ccc(-c4ccccc4)cc3c3ccc4c(c32)C(C)(C)c2ccccc2-4)c1. The van der Waals surface area contributed by atoms with E-state index in [1.54, 1.807) is 0 Å². The summed E-state index contributed by atoms with van der Waals surface area (Å²) in [6.07, 6.45) is 1.55. The largest absolute Gasteiger partial charge is 0.309 e. The van der Waals surface area contributed by atoms with Crippen molar-refractivity contribution in [1.29, 1.82) is 0 Å². The second kappa shape index (κ2) is 13.3. The standard InChI is InChI=1S/C49H40N4/c1-49(2)43-25-14-13-24-39(43)40-27-28-41-42-31-36(34-18-9-5-10-19-34)26-29-44(42)53(46(41)45(40)49)38-23-15-22-37(30-38)47(50-3)52-48(35-20-11-6-12-21-35)51-32-33-16-7-4-8-17-33/h4-32,47,50H,1-3H3. The van der Waals surface area contributed by atoms with Gasteiger partial charge in [-0.25, -0.2) is 9.98 Å². The van der Waals surface area contributed by atoms with Crippen LogP contribution in [-0.2, 0) is 5.41 Å². The normalized spacial score (nSPS) is 14.1. The van der Waals surface area contributed by atoms with Gasteiger partial charge in [0.15, 0.2) is 5.84 Å². The minimum absolute atomic E-state index is 0.184. The van der Waals surface area contributed by atoms with Gasteiger partial charge in [0.2, 0.25) is 0 Å². The van der Waals surface area contributed by atoms with Crippen molar-refractivity contribution >= 4 is 33.9 Å². The molecule has 0 saturated carbocycles. The lowest BCUT2D eigenvalue weighted by molar-refractivity contribution is 0.624. The van der Waals surface area contributed by atoms with Gasteiger partial charge >= 0.3 is 0 Å². The Labute approximate surface area is 310 Å². The molecule has 1 unspecified atom stereocenters. The Kier molecular flexibility index (Phi) is 8.18. The highest BCUT2D eigenvalue weighted by atomic mass is 15.1. The third kappa shape index (κ3) is 5.69. The van der Waals surface area contributed by atoms with Crippen LogP contribution >= 0.6 is 0 Å². The predicted molar refractivity (Wildman–Crippen MR) is 223 cm³/mol. The van der Waals surface area contributed by atoms with Crippen molar-refractivity contribution in [3.8, 4) is 27.9 Å². The first-order valence-electron chi connectivity index (χ1n) is 18.3. The molecule has 1 N–H and O–H groups in total. The molecule has 1 aliphatic rings. The second-order valence-electron chi connectivity index (χ2n) is 14.3. The summed E-state index contributed by atoms with van der Waals surface area (Å²) in [5, 5.41) is 5.98. The average Bonchev–Trinajstić information content (AvgIpc) is 3.67. The molecular weight excluding hydrogens is 645 g/mol. The zero-order valence-corrected chi connectivity index (χ0v) is 30.2. The molecule has 4 heteroatoms. The monoisotopic (exact) mass is 684 g/mol. The molecule has 1 aliphatic carbocycles. The van der Waals surface area contributed by atoms with E-state index in [1.165, 1.54) is 55.2 Å². The van der Waals surface area contributed by atoms with Gasteiger partial charge in [-0.15, -0.1) is 0 Å². The first-order chi connectivity index (χ1) is 26.0. The molecule has 0 fully saturated rings. The van der Waals surface area contributed by atoms with Crippen LogP contribution in [0.2, 0.25) is 0 Å². The lowest BCUT2D eigenvalue weighted by atomic mass is 9.81. The van der Waals surface area contributed by atoms with Gasteiger partial charge in [-0.05, 0) is 75.8 Å². The summed E-state index contributed by atoms with van der Waals surface area (Å²) >= 11 is 0. The van der Waals surface area contributed by atoms with E-state index in [0.717, 1.165) is 22.4 Å². The number of fused-ring (bicyclic) bond motifs is 7. The summed E-state index contributed by atoms with van der Waals surface area (Å²) in [5.74, 6) is 0.668. The molecule has 1 atom stereocenters. The number of rotatable bonds is 7. The number of hydrogen-bond donors (Lipinski definition) is 1. The van der Waals surface area contributed by atoms with Gasteiger partial charge < -0.3 is 4.57 Å². The lowest BCUT2D eigenvalue weighted by Gasteiger charge is -2.24. The van der Waals surface area contributed by atoms with Crippen molar-refractivity contribution in [1.82, 2.24) is 9.88 Å². The molecular formula is C49H40N4. The highest BCUT2D eigenvalue weighted by Gasteiger charge is 2.38. The summed E-state index contributed by atoms with van der Waals surface area (Å²) in [6.45, 7) is 4.75. The van der Waals surface area contributed by atoms with E-state index in [-0.39, 0.29) is 11.6 Å². The maximum atomic E-state index is 5.25. The number of nitrogens with one attached hydrogen (secondary N) is 1. The van der Waals surface area contributed by atoms with Crippen LogP contribution in [0.5, 0.6) is 0 Å². The Bertz CT molecular complexity index is 2670. The lowest BCUT2D eigenvalue weighted by Crippen LogP contribution is -2.17. The van der Waals surface area contributed by atoms with Gasteiger partial charge in [-0.1, -0.05) is 159 Å². The van der Waals surface area contributed by atoms with Crippen molar-refractivity contribution in [3.63, 3.8) is 0 Å². The Morgan fingerprint density at radius 2 is 1.36 bits per heavy atom. The van der Waals surface area contributed by atoms with Crippen molar-refractivity contribution in [2.75, 3.05) is 7.05 Å². The molecule has 9 rings (SSSR count). The summed E-state index contributed by atoms with van der Waals surface area (Å²) in [7, 11) is 1.96. The predicted octanol–water partition coefficient (Wildman–Crippen LogP) is 11.5. The number of amidine groups is 1. The minimum atomic E-state index is -0.331. The number of aliphatic imine (C=N–C) groups is 2. The van der Waals surface area contributed by atoms with Crippen LogP contribution in [0.15, 0.2) is 180 Å². The van der Waals surface area contributed by atoms with Gasteiger partial charge in [-0.2, -0.15) is 0 Å². The fourth-order valence-corrected chi connectivity index (χ4v) is 8.15. The molecule has 0 bridgehead atoms. The van der Waals surface area contributed by atoms with Gasteiger partial charge in [0, 0.05) is 33.7 Å². The second-order valence-corrected chi connectivity index (χ2v) is 14.3. The molecule has 0 amide bonds. The summed E-state index contributed by atoms with van der Waals surface area (Å²) in [5.41, 5.74) is 14.2. The Morgan fingerprint density at radius 3 is 2.13 bits per heavy atom. The molecule has 7 aromatic carbocycles. The van der Waals surface area contributed by atoms with E-state index in [2.05, 4.69) is 157 Å². The molecule has 256 valence electrons. The quantitative estimate of drug-likeness (QED) is 0.132. The van der Waals surface area contributed by atoms with E-state index >= 15 is 0 Å². The topological polar surface area (TPSA) is 41.7 Å². The maximum absolute atomic E-state index is 5.25. The van der Waals surface area contributed by atoms with Crippen LogP contribution in [0.25, 0.3) is 49.7 Å². The number of hydrogen-bond acceptors (Lipinski definition) is 2. The van der Waals surface area contributed by atoms with Gasteiger partial charge in [0.25, 0.3) is 0 Å². The first kappa shape index (κ1) is 32.5. The van der Waals surface area contributed by atoms with E-state index in [4.69, 9.17) is 9.98 Å². The van der Waals surface area contributed by atoms with Gasteiger partial charge in [0.1, 0.15) is 6.17 Å². The van der Waals surface area contributed by atoms with Crippen LogP contribution in [0, 0.1) is 0 Å². The number of benzene rings is 7. The maximum Gasteiger partial charge on any atom is 0.156 e. The van der Waals surface area contributed by atoms with E-state index in [0.29, 0.717) is 5.84 Å². The van der Waals surface area contributed by atoms with Gasteiger partial charge in [-0.3, -0.25) is 5.32 Å². The summed E-state index contributed by atoms with van der Waals surface area (Å²) in [4.78, 5) is 10.2. The Hall–Kier alpha value is -6.36. The fourth-order valence-electron chi connectivity index (χ4n) is 8.15. The molecule has 53 heavy (non-hydrogen) atoms. The van der Waals surface area contributed by atoms with Crippen LogP contribution < -0.4 is 5.32 Å². The van der Waals surface area contributed by atoms with Crippen LogP contribution in [-0.4, -0.2) is 23.7 Å². The fraction of sp³-hybridized carbons (Fsp3) is 0.102. The Balaban J connectivity index is 1.24. The molecule has 1 heterocycles. The van der Waals surface area contributed by atoms with E-state index in [9.17, 15) is 0 Å². The van der Waals surface area contributed by atoms with Gasteiger partial charge in [0.05, 0.1) is 11.0 Å². The number of aromatic nitrogens is 1. The van der Waals surface area contributed by atoms with Crippen LogP contribution in [0.1, 0.15) is 47.8 Å². The third-order valence-corrected chi connectivity index (χ3v) is 10.7. The van der Waals surface area contributed by atoms with Crippen molar-refractivity contribution in [2.24, 2.45) is 9.98 Å². The average molecular weight is 685 g/mol. The zero-order chi connectivity index (χ0) is 35.9. The summed E-state index contributed by atoms with van der Waals surface area (Å²) in [6, 6.07) is 60.3. The molecule has 1 aromatic heterocycles. The Morgan fingerprint density at radius 1 is 0.642 bits per heavy atom. The van der Waals surface area contributed by atoms with E-state index < -0.39 is 0 Å². The van der Waals surface area contributed by atoms with Crippen molar-refractivity contribution < 1.29 is 0 Å². The van der Waals surface area contributed by atoms with Crippen LogP contribution in [0.4, 0.5) is 0 Å². The number of nitrogens with zero attached hydrogens (tertiary/aromatic N) is 3. The van der Waals surface area contributed by atoms with E-state index in [1.807, 2.05) is 49.7 Å². The third-order valence-electron chi connectivity index (χ3n) is 10.7. The highest BCUT2D eigenvalue weighted by Crippen LogP contribution is 2.53. The highest BCUT2D eigenvalue weighted by molar-refractivity contribution is 6.14. The molecule has 0 aliphatic heterocycles. The molecule has 8 aromatic rings. The molecule has 4 nitrogen and oxygen atoms in total. The summed E-state index contributed by atoms with van der Waals surface area (Å²) < 4.78 is 2.48. The molecule has 0 radical (unpaired) electrons. The minimum Gasteiger partial charge on any atom is -0.309 e. The molecule has 0 saturated heterocycles. The smallest absolute Gasteiger partial charge is 0.156 e. The zero-order valence-electron chi connectivity index (χ0n) is 30.2. The first-order valence-corrected chi connectivity index (χ1v) is 18.3. The van der Waals surface area contributed by atoms with Crippen LogP contribution in [0.3, 0.4) is 0 Å². The van der Waals surface area contributed by atoms with Crippen molar-refractivity contribution in [3.05, 3.63) is 198 Å². The van der Waals surface area contributed by atoms with Crippen molar-refractivity contribution in [2.45, 2.75) is 25.4 Å².